The van der Waals surface area contributed by atoms with Gasteiger partial charge in [-0.05, 0) is 17.5 Å². The van der Waals surface area contributed by atoms with Gasteiger partial charge in [0.05, 0.1) is 12.8 Å². The lowest BCUT2D eigenvalue weighted by Crippen LogP contribution is -2.72. The molecule has 2 fully saturated rings. The second kappa shape index (κ2) is 5.54. The quantitative estimate of drug-likeness (QED) is 0.852. The Morgan fingerprint density at radius 1 is 1.36 bits per heavy atom. The van der Waals surface area contributed by atoms with Crippen molar-refractivity contribution in [2.75, 3.05) is 33.3 Å². The molecule has 1 aromatic heterocycles. The Morgan fingerprint density at radius 3 is 2.59 bits per heavy atom. The number of rotatable bonds is 4. The van der Waals surface area contributed by atoms with Crippen molar-refractivity contribution >= 4 is 5.91 Å². The molecule has 1 aromatic rings. The van der Waals surface area contributed by atoms with Crippen molar-refractivity contribution in [3.8, 4) is 5.75 Å². The van der Waals surface area contributed by atoms with Gasteiger partial charge in [0, 0.05) is 51.3 Å². The molecule has 0 bridgehead atoms. The van der Waals surface area contributed by atoms with Crippen LogP contribution in [0.25, 0.3) is 0 Å². The summed E-state index contributed by atoms with van der Waals surface area (Å²) in [6.45, 7) is 10.7. The lowest BCUT2D eigenvalue weighted by Gasteiger charge is -2.60. The first-order valence-electron chi connectivity index (χ1n) is 7.93. The lowest BCUT2D eigenvalue weighted by molar-refractivity contribution is -0.157. The zero-order valence-electron chi connectivity index (χ0n) is 13.9. The van der Waals surface area contributed by atoms with E-state index in [4.69, 9.17) is 4.74 Å². The van der Waals surface area contributed by atoms with Gasteiger partial charge in [-0.3, -0.25) is 14.7 Å². The van der Waals surface area contributed by atoms with Gasteiger partial charge >= 0.3 is 0 Å². The van der Waals surface area contributed by atoms with E-state index in [0.717, 1.165) is 44.2 Å². The van der Waals surface area contributed by atoms with Crippen LogP contribution in [0.5, 0.6) is 5.75 Å². The maximum Gasteiger partial charge on any atom is 0.219 e. The summed E-state index contributed by atoms with van der Waals surface area (Å²) in [7, 11) is 1.71. The summed E-state index contributed by atoms with van der Waals surface area (Å²) in [5, 5.41) is 0. The fourth-order valence-corrected chi connectivity index (χ4v) is 3.51. The highest BCUT2D eigenvalue weighted by Crippen LogP contribution is 2.40. The van der Waals surface area contributed by atoms with Crippen LogP contribution in [0.1, 0.15) is 37.9 Å². The van der Waals surface area contributed by atoms with Crippen LogP contribution >= 0.6 is 0 Å². The first-order valence-corrected chi connectivity index (χ1v) is 7.93. The van der Waals surface area contributed by atoms with E-state index in [0.29, 0.717) is 11.3 Å². The number of amides is 1. The average Bonchev–Trinajstić information content (AvgIpc) is 2.39. The van der Waals surface area contributed by atoms with E-state index in [2.05, 4.69) is 29.8 Å². The van der Waals surface area contributed by atoms with E-state index >= 15 is 0 Å². The van der Waals surface area contributed by atoms with Gasteiger partial charge < -0.3 is 9.64 Å². The summed E-state index contributed by atoms with van der Waals surface area (Å²) >= 11 is 0. The Bertz CT molecular complexity index is 571. The Labute approximate surface area is 132 Å². The van der Waals surface area contributed by atoms with Crippen LogP contribution < -0.4 is 4.74 Å². The summed E-state index contributed by atoms with van der Waals surface area (Å²) in [6.07, 6.45) is 1.96. The first-order chi connectivity index (χ1) is 10.4. The van der Waals surface area contributed by atoms with Crippen molar-refractivity contribution in [3.63, 3.8) is 0 Å². The van der Waals surface area contributed by atoms with Crippen LogP contribution in [0.2, 0.25) is 0 Å². The molecule has 2 aliphatic heterocycles. The number of hydrogen-bond acceptors (Lipinski definition) is 4. The molecule has 2 aliphatic rings. The Hall–Kier alpha value is -1.62. The molecule has 0 saturated carbocycles. The number of ether oxygens (including phenoxy) is 1. The number of carbonyl (C=O) groups excluding carboxylic acids is 1. The molecule has 3 heterocycles. The molecule has 5 nitrogen and oxygen atoms in total. The average molecular weight is 303 g/mol. The van der Waals surface area contributed by atoms with Gasteiger partial charge in [0.1, 0.15) is 5.75 Å². The molecule has 0 unspecified atom stereocenters. The fraction of sp³-hybridized carbons (Fsp3) is 0.647. The van der Waals surface area contributed by atoms with E-state index in [9.17, 15) is 4.79 Å². The van der Waals surface area contributed by atoms with Crippen LogP contribution in [-0.4, -0.2) is 54.0 Å². The molecule has 0 aliphatic carbocycles. The number of nitrogens with zero attached hydrogens (tertiary/aromatic N) is 3. The zero-order valence-corrected chi connectivity index (χ0v) is 13.9. The highest BCUT2D eigenvalue weighted by Gasteiger charge is 2.52. The minimum absolute atomic E-state index is 0.191. The standard InChI is InChI=1S/C17H25N3O2/c1-12(2)14-5-16(22-4)15(18-6-14)7-19-8-17(9-19)10-20(11-17)13(3)21/h5-6,12H,7-11H2,1-4H3. The van der Waals surface area contributed by atoms with Gasteiger partial charge in [0.25, 0.3) is 0 Å². The molecular formula is C17H25N3O2. The number of carbonyl (C=O) groups is 1. The second-order valence-electron chi connectivity index (χ2n) is 7.09. The van der Waals surface area contributed by atoms with Crippen LogP contribution in [0, 0.1) is 5.41 Å². The Balaban J connectivity index is 1.58. The maximum atomic E-state index is 11.3. The normalized spacial score (nSPS) is 20.0. The third-order valence-electron chi connectivity index (χ3n) is 4.83. The van der Waals surface area contributed by atoms with E-state index in [1.165, 1.54) is 5.56 Å². The maximum absolute atomic E-state index is 11.3. The predicted octanol–water partition coefficient (Wildman–Crippen LogP) is 1.88. The van der Waals surface area contributed by atoms with Crippen molar-refractivity contribution in [1.29, 1.82) is 0 Å². The minimum Gasteiger partial charge on any atom is -0.495 e. The van der Waals surface area contributed by atoms with E-state index < -0.39 is 0 Å². The second-order valence-corrected chi connectivity index (χ2v) is 7.09. The van der Waals surface area contributed by atoms with Gasteiger partial charge in [-0.1, -0.05) is 13.8 Å². The van der Waals surface area contributed by atoms with E-state index in [1.54, 1.807) is 14.0 Å². The lowest BCUT2D eigenvalue weighted by atomic mass is 9.72. The molecular weight excluding hydrogens is 278 g/mol. The van der Waals surface area contributed by atoms with Crippen molar-refractivity contribution in [2.45, 2.75) is 33.2 Å². The Morgan fingerprint density at radius 2 is 2.05 bits per heavy atom. The number of methoxy groups -OCH3 is 1. The van der Waals surface area contributed by atoms with E-state index in [1.807, 2.05) is 11.1 Å². The summed E-state index contributed by atoms with van der Waals surface area (Å²) in [5.41, 5.74) is 2.55. The molecule has 1 spiro atoms. The van der Waals surface area contributed by atoms with Gasteiger partial charge in [0.15, 0.2) is 0 Å². The summed E-state index contributed by atoms with van der Waals surface area (Å²) < 4.78 is 5.50. The van der Waals surface area contributed by atoms with Gasteiger partial charge in [0.2, 0.25) is 5.91 Å². The number of aromatic nitrogens is 1. The summed E-state index contributed by atoms with van der Waals surface area (Å²) in [6, 6.07) is 2.10. The fourth-order valence-electron chi connectivity index (χ4n) is 3.51. The molecule has 3 rings (SSSR count). The SMILES string of the molecule is COc1cc(C(C)C)cnc1CN1CC2(C1)CN(C(C)=O)C2. The number of pyridine rings is 1. The third-order valence-corrected chi connectivity index (χ3v) is 4.83. The highest BCUT2D eigenvalue weighted by molar-refractivity contribution is 5.74. The van der Waals surface area contributed by atoms with E-state index in [-0.39, 0.29) is 5.91 Å². The molecule has 2 saturated heterocycles. The zero-order chi connectivity index (χ0) is 15.9. The van der Waals surface area contributed by atoms with Gasteiger partial charge in [-0.15, -0.1) is 0 Å². The van der Waals surface area contributed by atoms with Gasteiger partial charge in [-0.2, -0.15) is 0 Å². The molecule has 5 heteroatoms. The minimum atomic E-state index is 0.191. The van der Waals surface area contributed by atoms with Crippen LogP contribution in [0.3, 0.4) is 0 Å². The molecule has 120 valence electrons. The van der Waals surface area contributed by atoms with Crippen molar-refractivity contribution in [3.05, 3.63) is 23.5 Å². The van der Waals surface area contributed by atoms with Crippen LogP contribution in [0.15, 0.2) is 12.3 Å². The number of likely N-dealkylation sites (tertiary alicyclic amines) is 2. The third kappa shape index (κ3) is 2.70. The first kappa shape index (κ1) is 15.3. The summed E-state index contributed by atoms with van der Waals surface area (Å²) in [4.78, 5) is 20.2. The number of hydrogen-bond donors (Lipinski definition) is 0. The molecule has 0 atom stereocenters. The predicted molar refractivity (Wildman–Crippen MR) is 84.8 cm³/mol. The topological polar surface area (TPSA) is 45.7 Å². The largest absolute Gasteiger partial charge is 0.495 e. The molecule has 0 aromatic carbocycles. The molecule has 1 amide bonds. The smallest absolute Gasteiger partial charge is 0.219 e. The molecule has 0 radical (unpaired) electrons. The van der Waals surface area contributed by atoms with Crippen LogP contribution in [-0.2, 0) is 11.3 Å². The van der Waals surface area contributed by atoms with Crippen molar-refractivity contribution < 1.29 is 9.53 Å². The molecule has 22 heavy (non-hydrogen) atoms. The Kier molecular flexibility index (Phi) is 3.85. The summed E-state index contributed by atoms with van der Waals surface area (Å²) in [5.74, 6) is 1.53. The molecule has 0 N–H and O–H groups in total. The van der Waals surface area contributed by atoms with Gasteiger partial charge in [-0.25, -0.2) is 0 Å². The monoisotopic (exact) mass is 303 g/mol. The van der Waals surface area contributed by atoms with Crippen molar-refractivity contribution in [1.82, 2.24) is 14.8 Å². The van der Waals surface area contributed by atoms with Crippen molar-refractivity contribution in [2.24, 2.45) is 5.41 Å². The highest BCUT2D eigenvalue weighted by atomic mass is 16.5. The van der Waals surface area contributed by atoms with Crippen LogP contribution in [0.4, 0.5) is 0 Å².